The van der Waals surface area contributed by atoms with Gasteiger partial charge in [0.15, 0.2) is 0 Å². The van der Waals surface area contributed by atoms with Gasteiger partial charge in [-0.2, -0.15) is 0 Å². The number of rotatable bonds is 6. The van der Waals surface area contributed by atoms with Crippen LogP contribution in [-0.4, -0.2) is 12.5 Å². The molecular weight excluding hydrogens is 263 g/mol. The number of hydrogen-bond donors (Lipinski definition) is 2. The van der Waals surface area contributed by atoms with E-state index in [1.807, 2.05) is 0 Å². The summed E-state index contributed by atoms with van der Waals surface area (Å²) >= 11 is 2.17. The van der Waals surface area contributed by atoms with Gasteiger partial charge in [0.1, 0.15) is 0 Å². The van der Waals surface area contributed by atoms with Gasteiger partial charge in [-0.3, -0.25) is 9.52 Å². The summed E-state index contributed by atoms with van der Waals surface area (Å²) in [4.78, 5) is 10.2. The predicted molar refractivity (Wildman–Crippen MR) is 52.7 cm³/mol. The van der Waals surface area contributed by atoms with E-state index in [0.717, 1.165) is 19.4 Å². The SMILES string of the molecule is NC(=O)CCCCNSI. The molecule has 0 aromatic rings. The summed E-state index contributed by atoms with van der Waals surface area (Å²) in [6.45, 7) is 0.945. The van der Waals surface area contributed by atoms with Crippen LogP contribution < -0.4 is 10.5 Å². The van der Waals surface area contributed by atoms with Gasteiger partial charge in [0, 0.05) is 34.2 Å². The molecule has 0 aromatic carbocycles. The minimum Gasteiger partial charge on any atom is -0.370 e. The van der Waals surface area contributed by atoms with E-state index in [-0.39, 0.29) is 5.91 Å². The number of carbonyl (C=O) groups excluding carboxylic acids is 1. The molecule has 0 radical (unpaired) electrons. The molecule has 0 saturated carbocycles. The molecule has 0 aromatic heterocycles. The fourth-order valence-corrected chi connectivity index (χ4v) is 1.42. The number of nitrogens with two attached hydrogens (primary N) is 1. The summed E-state index contributed by atoms with van der Waals surface area (Å²) in [6, 6.07) is 0. The van der Waals surface area contributed by atoms with Crippen LogP contribution in [0.25, 0.3) is 0 Å². The molecule has 0 aliphatic heterocycles. The Balaban J connectivity index is 2.84. The van der Waals surface area contributed by atoms with E-state index >= 15 is 0 Å². The van der Waals surface area contributed by atoms with Gasteiger partial charge in [-0.15, -0.1) is 0 Å². The van der Waals surface area contributed by atoms with Crippen LogP contribution in [0.2, 0.25) is 0 Å². The number of amides is 1. The van der Waals surface area contributed by atoms with Crippen molar-refractivity contribution in [2.24, 2.45) is 5.73 Å². The molecule has 0 atom stereocenters. The Morgan fingerprint density at radius 1 is 1.60 bits per heavy atom. The number of primary amides is 1. The Bertz CT molecular complexity index is 102. The number of unbranched alkanes of at least 4 members (excludes halogenated alkanes) is 1. The predicted octanol–water partition coefficient (Wildman–Crippen LogP) is 1.23. The second-order valence-corrected chi connectivity index (χ2v) is 3.66. The summed E-state index contributed by atoms with van der Waals surface area (Å²) < 4.78 is 3.07. The largest absolute Gasteiger partial charge is 0.370 e. The fraction of sp³-hybridized carbons (Fsp3) is 0.800. The van der Waals surface area contributed by atoms with Crippen LogP contribution in [0.15, 0.2) is 0 Å². The van der Waals surface area contributed by atoms with Crippen molar-refractivity contribution >= 4 is 36.2 Å². The van der Waals surface area contributed by atoms with E-state index in [1.165, 1.54) is 0 Å². The highest BCUT2D eigenvalue weighted by molar-refractivity contribution is 14.2. The van der Waals surface area contributed by atoms with Gasteiger partial charge in [0.2, 0.25) is 5.91 Å². The first-order valence-electron chi connectivity index (χ1n) is 3.06. The van der Waals surface area contributed by atoms with Crippen molar-refractivity contribution < 1.29 is 4.79 Å². The fourth-order valence-electron chi connectivity index (χ4n) is 0.535. The molecule has 0 heterocycles. The van der Waals surface area contributed by atoms with Crippen molar-refractivity contribution in [1.82, 2.24) is 4.72 Å². The van der Waals surface area contributed by atoms with E-state index in [0.29, 0.717) is 6.42 Å². The maximum atomic E-state index is 10.2. The molecule has 0 aliphatic carbocycles. The number of halogens is 1. The molecule has 0 spiro atoms. The molecule has 3 N–H and O–H groups in total. The van der Waals surface area contributed by atoms with Gasteiger partial charge < -0.3 is 5.73 Å². The molecule has 0 bridgehead atoms. The van der Waals surface area contributed by atoms with Crippen LogP contribution in [0, 0.1) is 0 Å². The van der Waals surface area contributed by atoms with E-state index < -0.39 is 0 Å². The van der Waals surface area contributed by atoms with Gasteiger partial charge in [0.05, 0.1) is 0 Å². The standard InChI is InChI=1S/C5H11IN2OS/c6-10-8-4-2-1-3-5(7)9/h8H,1-4H2,(H2,7,9). The molecule has 0 fully saturated rings. The summed E-state index contributed by atoms with van der Waals surface area (Å²) in [5.74, 6) is -0.206. The van der Waals surface area contributed by atoms with E-state index in [1.54, 1.807) is 9.12 Å². The topological polar surface area (TPSA) is 55.1 Å². The first-order chi connectivity index (χ1) is 4.77. The molecule has 0 saturated heterocycles. The van der Waals surface area contributed by atoms with Crippen molar-refractivity contribution in [3.05, 3.63) is 0 Å². The van der Waals surface area contributed by atoms with Crippen molar-refractivity contribution in [2.75, 3.05) is 6.54 Å². The normalized spacial score (nSPS) is 9.70. The highest BCUT2D eigenvalue weighted by Crippen LogP contribution is 2.04. The summed E-state index contributed by atoms with van der Waals surface area (Å²) in [6.07, 6.45) is 2.41. The third-order valence-electron chi connectivity index (χ3n) is 1.01. The molecule has 3 nitrogen and oxygen atoms in total. The third-order valence-corrected chi connectivity index (χ3v) is 2.25. The smallest absolute Gasteiger partial charge is 0.217 e. The Labute approximate surface area is 77.2 Å². The van der Waals surface area contributed by atoms with E-state index in [9.17, 15) is 4.79 Å². The molecule has 5 heteroatoms. The van der Waals surface area contributed by atoms with Gasteiger partial charge in [-0.1, -0.05) is 0 Å². The first-order valence-corrected chi connectivity index (χ1v) is 6.42. The highest BCUT2D eigenvalue weighted by atomic mass is 127. The third kappa shape index (κ3) is 8.51. The van der Waals surface area contributed by atoms with Crippen LogP contribution >= 0.6 is 30.3 Å². The van der Waals surface area contributed by atoms with Crippen molar-refractivity contribution in [3.8, 4) is 0 Å². The van der Waals surface area contributed by atoms with Crippen LogP contribution in [-0.2, 0) is 4.79 Å². The second kappa shape index (κ2) is 7.62. The molecular formula is C5H11IN2OS. The average Bonchev–Trinajstić information content (AvgIpc) is 1.87. The number of carbonyl (C=O) groups is 1. The monoisotopic (exact) mass is 274 g/mol. The summed E-state index contributed by atoms with van der Waals surface area (Å²) in [5, 5.41) is 0. The Morgan fingerprint density at radius 3 is 2.80 bits per heavy atom. The Morgan fingerprint density at radius 2 is 2.30 bits per heavy atom. The van der Waals surface area contributed by atoms with E-state index in [4.69, 9.17) is 5.73 Å². The lowest BCUT2D eigenvalue weighted by atomic mass is 10.2. The zero-order chi connectivity index (χ0) is 7.82. The van der Waals surface area contributed by atoms with Gasteiger partial charge in [0.25, 0.3) is 0 Å². The maximum absolute atomic E-state index is 10.2. The maximum Gasteiger partial charge on any atom is 0.217 e. The quantitative estimate of drug-likeness (QED) is 0.435. The van der Waals surface area contributed by atoms with Gasteiger partial charge >= 0.3 is 0 Å². The zero-order valence-corrected chi connectivity index (χ0v) is 8.57. The molecule has 0 aliphatic rings. The van der Waals surface area contributed by atoms with Crippen molar-refractivity contribution in [1.29, 1.82) is 0 Å². The summed E-state index contributed by atoms with van der Waals surface area (Å²) in [7, 11) is 1.56. The molecule has 10 heavy (non-hydrogen) atoms. The van der Waals surface area contributed by atoms with Crippen LogP contribution in [0.5, 0.6) is 0 Å². The van der Waals surface area contributed by atoms with E-state index in [2.05, 4.69) is 25.9 Å². The Kier molecular flexibility index (Phi) is 8.00. The summed E-state index contributed by atoms with van der Waals surface area (Å²) in [5.41, 5.74) is 4.94. The zero-order valence-electron chi connectivity index (χ0n) is 5.60. The Hall–Kier alpha value is 0.510. The first kappa shape index (κ1) is 10.5. The lowest BCUT2D eigenvalue weighted by Gasteiger charge is -1.96. The van der Waals surface area contributed by atoms with Crippen molar-refractivity contribution in [2.45, 2.75) is 19.3 Å². The number of nitrogens with one attached hydrogen (secondary N) is 1. The average molecular weight is 274 g/mol. The lowest BCUT2D eigenvalue weighted by molar-refractivity contribution is -0.118. The highest BCUT2D eigenvalue weighted by Gasteiger charge is 1.92. The number of hydrogen-bond acceptors (Lipinski definition) is 3. The molecule has 0 rings (SSSR count). The minimum atomic E-state index is -0.206. The van der Waals surface area contributed by atoms with Crippen LogP contribution in [0.1, 0.15) is 19.3 Å². The van der Waals surface area contributed by atoms with Gasteiger partial charge in [-0.25, -0.2) is 0 Å². The van der Waals surface area contributed by atoms with Crippen molar-refractivity contribution in [3.63, 3.8) is 0 Å². The second-order valence-electron chi connectivity index (χ2n) is 1.89. The van der Waals surface area contributed by atoms with Crippen LogP contribution in [0.3, 0.4) is 0 Å². The van der Waals surface area contributed by atoms with Gasteiger partial charge in [-0.05, 0) is 22.0 Å². The minimum absolute atomic E-state index is 0.206. The van der Waals surface area contributed by atoms with Crippen LogP contribution in [0.4, 0.5) is 0 Å². The molecule has 0 unspecified atom stereocenters. The molecule has 60 valence electrons. The molecule has 1 amide bonds. The lowest BCUT2D eigenvalue weighted by Crippen LogP contribution is -2.11.